The number of carbonyl (C=O) groups is 5. The van der Waals surface area contributed by atoms with E-state index in [1.807, 2.05) is 55.6 Å². The van der Waals surface area contributed by atoms with Crippen molar-refractivity contribution < 1.29 is 38.2 Å². The minimum atomic E-state index is -1.09. The highest BCUT2D eigenvalue weighted by atomic mass is 16.6. The number of nitrogens with zero attached hydrogens (tertiary/aromatic N) is 3. The molecule has 60 heavy (non-hydrogen) atoms. The van der Waals surface area contributed by atoms with Gasteiger partial charge in [0.05, 0.1) is 18.7 Å². The minimum Gasteiger partial charge on any atom is -0.489 e. The number of likely N-dealkylation sites (N-methyl/N-ethyl adjacent to an activating group) is 2. The lowest BCUT2D eigenvalue weighted by Gasteiger charge is -2.42. The number of hydrogen-bond acceptors (Lipinski definition) is 8. The summed E-state index contributed by atoms with van der Waals surface area (Å²) in [5.74, 6) is -0.946. The van der Waals surface area contributed by atoms with Gasteiger partial charge < -0.3 is 29.3 Å². The van der Waals surface area contributed by atoms with Crippen molar-refractivity contribution in [3.8, 4) is 5.75 Å². The Hall–Kier alpha value is -6.17. The molecule has 0 aromatic heterocycles. The van der Waals surface area contributed by atoms with Crippen LogP contribution >= 0.6 is 0 Å². The van der Waals surface area contributed by atoms with E-state index in [9.17, 15) is 19.2 Å². The zero-order valence-electron chi connectivity index (χ0n) is 35.6. The second-order valence-electron chi connectivity index (χ2n) is 16.7. The molecule has 0 saturated heterocycles. The molecule has 6 rings (SSSR count). The maximum absolute atomic E-state index is 15.1. The molecule has 4 atom stereocenters. The first-order valence-corrected chi connectivity index (χ1v) is 20.5. The van der Waals surface area contributed by atoms with Gasteiger partial charge in [0, 0.05) is 33.5 Å². The first-order valence-electron chi connectivity index (χ1n) is 20.5. The van der Waals surface area contributed by atoms with Crippen molar-refractivity contribution in [2.75, 3.05) is 21.2 Å². The van der Waals surface area contributed by atoms with E-state index in [0.29, 0.717) is 17.7 Å². The van der Waals surface area contributed by atoms with Crippen molar-refractivity contribution in [2.45, 2.75) is 103 Å². The highest BCUT2D eigenvalue weighted by Crippen LogP contribution is 2.35. The lowest BCUT2D eigenvalue weighted by Crippen LogP contribution is -2.60. The third-order valence-corrected chi connectivity index (χ3v) is 11.4. The maximum Gasteiger partial charge on any atom is 0.410 e. The van der Waals surface area contributed by atoms with E-state index in [0.717, 1.165) is 47.1 Å². The number of nitrogens with one attached hydrogen (secondary N) is 1. The lowest BCUT2D eigenvalue weighted by atomic mass is 9.86. The molecule has 0 bridgehead atoms. The minimum absolute atomic E-state index is 0.105. The van der Waals surface area contributed by atoms with E-state index in [-0.39, 0.29) is 31.5 Å². The summed E-state index contributed by atoms with van der Waals surface area (Å²) in [6, 6.07) is 27.2. The van der Waals surface area contributed by atoms with Crippen LogP contribution in [0, 0.1) is 0 Å². The van der Waals surface area contributed by atoms with Crippen molar-refractivity contribution in [3.05, 3.63) is 136 Å². The Bertz CT molecular complexity index is 2180. The predicted molar refractivity (Wildman–Crippen MR) is 227 cm³/mol. The molecule has 0 saturated carbocycles. The van der Waals surface area contributed by atoms with Gasteiger partial charge in [-0.25, -0.2) is 9.59 Å². The highest BCUT2D eigenvalue weighted by molar-refractivity contribution is 5.94. The van der Waals surface area contributed by atoms with Crippen LogP contribution in [0.4, 0.5) is 4.79 Å². The molecular weight excluding hydrogens is 761 g/mol. The molecule has 2 aliphatic rings. The topological polar surface area (TPSA) is 135 Å². The van der Waals surface area contributed by atoms with Crippen molar-refractivity contribution in [2.24, 2.45) is 0 Å². The fraction of sp³-hybridized carbons (Fsp3) is 0.396. The zero-order valence-corrected chi connectivity index (χ0v) is 35.6. The van der Waals surface area contributed by atoms with Crippen LogP contribution in [-0.2, 0) is 56.3 Å². The van der Waals surface area contributed by atoms with Crippen LogP contribution in [0.2, 0.25) is 0 Å². The van der Waals surface area contributed by atoms with Gasteiger partial charge >= 0.3 is 12.1 Å². The number of aryl methyl sites for hydroxylation is 1. The Kier molecular flexibility index (Phi) is 13.6. The number of fused-ring (bicyclic) bond motifs is 2. The van der Waals surface area contributed by atoms with Gasteiger partial charge in [-0.05, 0) is 105 Å². The summed E-state index contributed by atoms with van der Waals surface area (Å²) in [5, 5.41) is 2.96. The molecule has 1 aliphatic carbocycles. The highest BCUT2D eigenvalue weighted by Gasteiger charge is 2.41. The van der Waals surface area contributed by atoms with Crippen LogP contribution < -0.4 is 10.1 Å². The van der Waals surface area contributed by atoms with Crippen LogP contribution in [0.15, 0.2) is 97.1 Å². The van der Waals surface area contributed by atoms with Crippen LogP contribution in [0.1, 0.15) is 90.3 Å². The van der Waals surface area contributed by atoms with Gasteiger partial charge in [-0.3, -0.25) is 19.3 Å². The molecule has 12 heteroatoms. The quantitative estimate of drug-likeness (QED) is 0.154. The first-order chi connectivity index (χ1) is 28.6. The van der Waals surface area contributed by atoms with E-state index in [1.165, 1.54) is 24.6 Å². The van der Waals surface area contributed by atoms with Gasteiger partial charge in [-0.15, -0.1) is 0 Å². The SMILES string of the molecule is COC(=O)c1ccc(COc2ccc(C[C@H](NC(=O)[C@H](C)N(C)C(=O)OC(C)(C)C)C(=O)N3Cc4ccccc4CC3C(=O)N(C)C3CCCc4ccccc43)cc2)cc1. The summed E-state index contributed by atoms with van der Waals surface area (Å²) < 4.78 is 16.3. The van der Waals surface area contributed by atoms with Crippen LogP contribution in [0.3, 0.4) is 0 Å². The van der Waals surface area contributed by atoms with E-state index in [2.05, 4.69) is 17.4 Å². The zero-order chi connectivity index (χ0) is 43.1. The van der Waals surface area contributed by atoms with Gasteiger partial charge in [-0.1, -0.05) is 72.8 Å². The number of benzene rings is 4. The molecule has 2 unspecified atom stereocenters. The first kappa shape index (κ1) is 43.4. The Morgan fingerprint density at radius 1 is 0.833 bits per heavy atom. The normalized spacial score (nSPS) is 16.9. The molecule has 0 radical (unpaired) electrons. The van der Waals surface area contributed by atoms with E-state index < -0.39 is 47.6 Å². The lowest BCUT2D eigenvalue weighted by molar-refractivity contribution is -0.149. The Labute approximate surface area is 352 Å². The van der Waals surface area contributed by atoms with E-state index in [4.69, 9.17) is 14.2 Å². The standard InChI is InChI=1S/C48H56N4O8/c1-31(50(5)47(57)60-48(2,3)4)43(53)49-40(27-32-21-25-38(26-22-32)59-30-33-19-23-35(24-20-33)46(56)58-7)44(54)52-29-37-15-9-8-14-36(37)28-42(52)45(55)51(6)41-18-12-16-34-13-10-11-17-39(34)41/h8-11,13-15,17,19-26,31,40-42H,12,16,18,27-30H2,1-7H3,(H,49,53)/t31-,40-,41?,42?/m0/s1. The summed E-state index contributed by atoms with van der Waals surface area (Å²) in [6.07, 6.45) is 2.49. The fourth-order valence-corrected chi connectivity index (χ4v) is 7.83. The number of carbonyl (C=O) groups excluding carboxylic acids is 5. The van der Waals surface area contributed by atoms with Crippen molar-refractivity contribution in [1.29, 1.82) is 0 Å². The van der Waals surface area contributed by atoms with Crippen molar-refractivity contribution >= 4 is 29.8 Å². The molecule has 4 aromatic carbocycles. The second kappa shape index (κ2) is 18.8. The summed E-state index contributed by atoms with van der Waals surface area (Å²) >= 11 is 0. The average molecular weight is 817 g/mol. The molecule has 0 fully saturated rings. The molecule has 0 spiro atoms. The predicted octanol–water partition coefficient (Wildman–Crippen LogP) is 6.82. The van der Waals surface area contributed by atoms with Crippen LogP contribution in [-0.4, -0.2) is 89.4 Å². The molecule has 316 valence electrons. The van der Waals surface area contributed by atoms with Crippen molar-refractivity contribution in [1.82, 2.24) is 20.0 Å². The molecule has 4 aromatic rings. The van der Waals surface area contributed by atoms with Gasteiger partial charge in [0.1, 0.15) is 36.1 Å². The van der Waals surface area contributed by atoms with E-state index in [1.54, 1.807) is 73.9 Å². The summed E-state index contributed by atoms with van der Waals surface area (Å²) in [7, 11) is 4.64. The monoisotopic (exact) mass is 816 g/mol. The number of rotatable bonds is 12. The van der Waals surface area contributed by atoms with Gasteiger partial charge in [0.2, 0.25) is 17.7 Å². The number of hydrogen-bond donors (Lipinski definition) is 1. The molecule has 1 heterocycles. The smallest absolute Gasteiger partial charge is 0.410 e. The van der Waals surface area contributed by atoms with Crippen molar-refractivity contribution in [3.63, 3.8) is 0 Å². The fourth-order valence-electron chi connectivity index (χ4n) is 7.83. The molecule has 12 nitrogen and oxygen atoms in total. The number of methoxy groups -OCH3 is 1. The Morgan fingerprint density at radius 3 is 2.13 bits per heavy atom. The second-order valence-corrected chi connectivity index (χ2v) is 16.7. The third kappa shape index (κ3) is 10.3. The summed E-state index contributed by atoms with van der Waals surface area (Å²) in [5.41, 5.74) is 5.57. The maximum atomic E-state index is 15.1. The third-order valence-electron chi connectivity index (χ3n) is 11.4. The molecular formula is C48H56N4O8. The van der Waals surface area contributed by atoms with Crippen LogP contribution in [0.25, 0.3) is 0 Å². The van der Waals surface area contributed by atoms with Gasteiger partial charge in [-0.2, -0.15) is 0 Å². The number of esters is 1. The Morgan fingerprint density at radius 2 is 1.47 bits per heavy atom. The molecule has 1 aliphatic heterocycles. The molecule has 4 amide bonds. The number of ether oxygens (including phenoxy) is 3. The van der Waals surface area contributed by atoms with Gasteiger partial charge in [0.25, 0.3) is 0 Å². The summed E-state index contributed by atoms with van der Waals surface area (Å²) in [6.45, 7) is 7.27. The summed E-state index contributed by atoms with van der Waals surface area (Å²) in [4.78, 5) is 73.2. The van der Waals surface area contributed by atoms with Gasteiger partial charge in [0.15, 0.2) is 0 Å². The number of amides is 4. The largest absolute Gasteiger partial charge is 0.489 e. The Balaban J connectivity index is 1.26. The average Bonchev–Trinajstić information content (AvgIpc) is 3.25. The van der Waals surface area contributed by atoms with Crippen LogP contribution in [0.5, 0.6) is 5.75 Å². The van der Waals surface area contributed by atoms with E-state index >= 15 is 4.79 Å². The molecule has 1 N–H and O–H groups in total.